The van der Waals surface area contributed by atoms with Gasteiger partial charge in [-0.05, 0) is 69.8 Å². The molecule has 2 bridgehead atoms. The number of piperidine rings is 1. The van der Waals surface area contributed by atoms with E-state index in [1.54, 1.807) is 4.52 Å². The first-order valence-corrected chi connectivity index (χ1v) is 14.0. The van der Waals surface area contributed by atoms with Crippen LogP contribution in [0, 0.1) is 0 Å². The molecule has 4 aromatic rings. The van der Waals surface area contributed by atoms with Gasteiger partial charge in [0.1, 0.15) is 17.7 Å². The highest BCUT2D eigenvalue weighted by Gasteiger charge is 2.46. The van der Waals surface area contributed by atoms with Crippen LogP contribution in [0.2, 0.25) is 0 Å². The fraction of sp³-hybridized carbons (Fsp3) is 0.500. The van der Waals surface area contributed by atoms with Gasteiger partial charge in [0.15, 0.2) is 5.65 Å². The Morgan fingerprint density at radius 2 is 1.85 bits per heavy atom. The number of amides is 1. The molecule has 200 valence electrons. The van der Waals surface area contributed by atoms with Crippen molar-refractivity contribution in [3.63, 3.8) is 0 Å². The van der Waals surface area contributed by atoms with E-state index in [2.05, 4.69) is 25.3 Å². The second-order valence-electron chi connectivity index (χ2n) is 11.8. The predicted molar refractivity (Wildman–Crippen MR) is 142 cm³/mol. The van der Waals surface area contributed by atoms with Crippen molar-refractivity contribution in [2.75, 3.05) is 5.73 Å². The van der Waals surface area contributed by atoms with E-state index in [1.165, 1.54) is 6.33 Å². The predicted octanol–water partition coefficient (Wildman–Crippen LogP) is 3.29. The standard InChI is InChI=1S/C28H31N9O2/c29-24-22(15-2-3-15)23(17-10-18-5-6-19(11-17)36(18)27(38)25-31-14-32-35-25)34-26-20(13-33-37(24)26)16-4-7-21(30-12-16)28(39)8-1-9-28/h4,7,12-15,17-19,39H,1-3,5-6,8-11,29H2,(H,31,32,35). The molecule has 0 aromatic carbocycles. The minimum atomic E-state index is -0.794. The number of pyridine rings is 1. The number of nitrogen functional groups attached to an aromatic ring is 1. The molecule has 39 heavy (non-hydrogen) atoms. The van der Waals surface area contributed by atoms with Gasteiger partial charge in [0, 0.05) is 40.9 Å². The highest BCUT2D eigenvalue weighted by molar-refractivity contribution is 5.91. The summed E-state index contributed by atoms with van der Waals surface area (Å²) in [6.07, 6.45) is 13.5. The Balaban J connectivity index is 1.16. The molecule has 2 aliphatic heterocycles. The summed E-state index contributed by atoms with van der Waals surface area (Å²) in [6.45, 7) is 0. The van der Waals surface area contributed by atoms with E-state index in [0.717, 1.165) is 91.5 Å². The fourth-order valence-corrected chi connectivity index (χ4v) is 7.11. The summed E-state index contributed by atoms with van der Waals surface area (Å²) < 4.78 is 1.77. The van der Waals surface area contributed by atoms with Gasteiger partial charge in [-0.1, -0.05) is 6.07 Å². The first kappa shape index (κ1) is 23.1. The number of anilines is 1. The average molecular weight is 526 g/mol. The molecule has 4 aliphatic rings. The number of carbonyl (C=O) groups is 1. The molecule has 2 saturated carbocycles. The number of aliphatic hydroxyl groups is 1. The van der Waals surface area contributed by atoms with Crippen LogP contribution in [0.1, 0.15) is 97.2 Å². The van der Waals surface area contributed by atoms with E-state index >= 15 is 0 Å². The summed E-state index contributed by atoms with van der Waals surface area (Å²) in [5, 5.41) is 21.9. The van der Waals surface area contributed by atoms with Crippen molar-refractivity contribution >= 4 is 17.4 Å². The lowest BCUT2D eigenvalue weighted by atomic mass is 9.77. The molecule has 0 spiro atoms. The lowest BCUT2D eigenvalue weighted by molar-refractivity contribution is -0.0426. The topological polar surface area (TPSA) is 151 Å². The maximum absolute atomic E-state index is 13.2. The van der Waals surface area contributed by atoms with Crippen LogP contribution in [-0.2, 0) is 5.60 Å². The summed E-state index contributed by atoms with van der Waals surface area (Å²) in [5.41, 5.74) is 11.5. The zero-order chi connectivity index (χ0) is 26.3. The van der Waals surface area contributed by atoms with Gasteiger partial charge >= 0.3 is 0 Å². The van der Waals surface area contributed by atoms with Crippen LogP contribution in [0.25, 0.3) is 16.8 Å². The van der Waals surface area contributed by atoms with Gasteiger partial charge < -0.3 is 15.7 Å². The molecule has 1 amide bonds. The summed E-state index contributed by atoms with van der Waals surface area (Å²) in [6, 6.07) is 4.21. The number of nitrogens with zero attached hydrogens (tertiary/aromatic N) is 7. The van der Waals surface area contributed by atoms with Crippen molar-refractivity contribution in [1.29, 1.82) is 0 Å². The van der Waals surface area contributed by atoms with E-state index < -0.39 is 5.60 Å². The Morgan fingerprint density at radius 3 is 2.46 bits per heavy atom. The molecule has 0 radical (unpaired) electrons. The number of aromatic amines is 1. The third kappa shape index (κ3) is 3.52. The number of nitrogens with one attached hydrogen (secondary N) is 1. The van der Waals surface area contributed by atoms with Crippen molar-refractivity contribution in [1.82, 2.24) is 39.7 Å². The van der Waals surface area contributed by atoms with E-state index in [9.17, 15) is 9.90 Å². The highest BCUT2D eigenvalue weighted by atomic mass is 16.3. The second kappa shape index (κ2) is 8.32. The van der Waals surface area contributed by atoms with Crippen LogP contribution in [0.4, 0.5) is 5.82 Å². The van der Waals surface area contributed by atoms with E-state index in [1.807, 2.05) is 29.4 Å². The molecule has 4 fully saturated rings. The minimum absolute atomic E-state index is 0.0654. The Kier molecular flexibility index (Phi) is 4.92. The molecule has 4 N–H and O–H groups in total. The number of carbonyl (C=O) groups excluding carboxylic acids is 1. The van der Waals surface area contributed by atoms with Crippen molar-refractivity contribution < 1.29 is 9.90 Å². The van der Waals surface area contributed by atoms with Crippen molar-refractivity contribution in [2.24, 2.45) is 0 Å². The van der Waals surface area contributed by atoms with Gasteiger partial charge in [0.2, 0.25) is 5.82 Å². The normalized spacial score (nSPS) is 25.7. The molecule has 2 saturated heterocycles. The molecule has 2 atom stereocenters. The Hall–Kier alpha value is -3.86. The monoisotopic (exact) mass is 525 g/mol. The number of hydrogen-bond donors (Lipinski definition) is 3. The lowest BCUT2D eigenvalue weighted by Gasteiger charge is -2.39. The van der Waals surface area contributed by atoms with Gasteiger partial charge in [-0.3, -0.25) is 14.9 Å². The van der Waals surface area contributed by atoms with Crippen LogP contribution in [-0.4, -0.2) is 62.8 Å². The number of fused-ring (bicyclic) bond motifs is 3. The summed E-state index contributed by atoms with van der Waals surface area (Å²) in [5.74, 6) is 1.55. The molecule has 8 rings (SSSR count). The Morgan fingerprint density at radius 1 is 1.05 bits per heavy atom. The summed E-state index contributed by atoms with van der Waals surface area (Å²) in [4.78, 5) is 29.2. The van der Waals surface area contributed by atoms with Crippen molar-refractivity contribution in [2.45, 2.75) is 87.3 Å². The zero-order valence-corrected chi connectivity index (χ0v) is 21.6. The molecule has 4 aromatic heterocycles. The molecule has 2 unspecified atom stereocenters. The van der Waals surface area contributed by atoms with Crippen LogP contribution in [0.3, 0.4) is 0 Å². The lowest BCUT2D eigenvalue weighted by Crippen LogP contribution is -2.46. The maximum atomic E-state index is 13.2. The van der Waals surface area contributed by atoms with Crippen molar-refractivity contribution in [3.8, 4) is 11.1 Å². The first-order chi connectivity index (χ1) is 19.0. The Labute approximate surface area is 224 Å². The third-order valence-electron chi connectivity index (χ3n) is 9.44. The van der Waals surface area contributed by atoms with Crippen LogP contribution >= 0.6 is 0 Å². The molecule has 11 nitrogen and oxygen atoms in total. The van der Waals surface area contributed by atoms with E-state index in [-0.39, 0.29) is 23.9 Å². The molecule has 6 heterocycles. The number of hydrogen-bond acceptors (Lipinski definition) is 8. The van der Waals surface area contributed by atoms with Gasteiger partial charge in [0.25, 0.3) is 5.91 Å². The Bertz CT molecular complexity index is 1560. The van der Waals surface area contributed by atoms with Crippen LogP contribution < -0.4 is 5.73 Å². The fourth-order valence-electron chi connectivity index (χ4n) is 7.11. The van der Waals surface area contributed by atoms with Gasteiger partial charge in [-0.2, -0.15) is 14.7 Å². The highest BCUT2D eigenvalue weighted by Crippen LogP contribution is 2.50. The smallest absolute Gasteiger partial charge is 0.291 e. The molecule has 2 aliphatic carbocycles. The first-order valence-electron chi connectivity index (χ1n) is 14.0. The molecular formula is C28H31N9O2. The molecular weight excluding hydrogens is 494 g/mol. The largest absolute Gasteiger partial charge is 0.384 e. The zero-order valence-electron chi connectivity index (χ0n) is 21.6. The van der Waals surface area contributed by atoms with E-state index in [4.69, 9.17) is 10.7 Å². The van der Waals surface area contributed by atoms with E-state index in [0.29, 0.717) is 17.6 Å². The number of rotatable bonds is 5. The van der Waals surface area contributed by atoms with Gasteiger partial charge in [-0.15, -0.1) is 0 Å². The summed E-state index contributed by atoms with van der Waals surface area (Å²) in [7, 11) is 0. The third-order valence-corrected chi connectivity index (χ3v) is 9.44. The van der Waals surface area contributed by atoms with Gasteiger partial charge in [-0.25, -0.2) is 9.97 Å². The summed E-state index contributed by atoms with van der Waals surface area (Å²) >= 11 is 0. The van der Waals surface area contributed by atoms with Crippen LogP contribution in [0.15, 0.2) is 30.9 Å². The quantitative estimate of drug-likeness (QED) is 0.359. The average Bonchev–Trinajstić information content (AvgIpc) is 3.32. The minimum Gasteiger partial charge on any atom is -0.384 e. The number of H-pyrrole nitrogens is 1. The second-order valence-corrected chi connectivity index (χ2v) is 11.8. The number of nitrogens with two attached hydrogens (primary N) is 1. The number of aromatic nitrogens is 7. The van der Waals surface area contributed by atoms with Crippen molar-refractivity contribution in [3.05, 3.63) is 53.6 Å². The van der Waals surface area contributed by atoms with Gasteiger partial charge in [0.05, 0.1) is 17.6 Å². The SMILES string of the molecule is Nc1c(C2CC2)c(C2CC3CCC(C2)N3C(=O)c2ncn[nH]2)nc2c(-c3ccc(C4(O)CCC4)nc3)cnn12. The van der Waals surface area contributed by atoms with Crippen LogP contribution in [0.5, 0.6) is 0 Å². The maximum Gasteiger partial charge on any atom is 0.291 e. The molecule has 11 heteroatoms.